The van der Waals surface area contributed by atoms with Crippen molar-refractivity contribution >= 4 is 11.9 Å². The molecule has 8 heteroatoms. The summed E-state index contributed by atoms with van der Waals surface area (Å²) in [5.74, 6) is -0.298. The Morgan fingerprint density at radius 1 is 1.23 bits per heavy atom. The van der Waals surface area contributed by atoms with E-state index in [1.807, 2.05) is 45.3 Å². The molecule has 1 saturated heterocycles. The number of carbonyl (C=O) groups is 2. The van der Waals surface area contributed by atoms with Crippen LogP contribution >= 0.6 is 0 Å². The summed E-state index contributed by atoms with van der Waals surface area (Å²) in [7, 11) is 3.94. The van der Waals surface area contributed by atoms with E-state index in [9.17, 15) is 14.7 Å². The van der Waals surface area contributed by atoms with E-state index in [1.165, 1.54) is 0 Å². The molecular weight excluding hydrogens is 384 g/mol. The summed E-state index contributed by atoms with van der Waals surface area (Å²) in [4.78, 5) is 32.5. The highest BCUT2D eigenvalue weighted by atomic mass is 16.5. The number of likely N-dealkylation sites (N-methyl/N-ethyl adjacent to an activating group) is 1. The fourth-order valence-electron chi connectivity index (χ4n) is 3.84. The fourth-order valence-corrected chi connectivity index (χ4v) is 3.84. The maximum Gasteiger partial charge on any atom is 0.308 e. The van der Waals surface area contributed by atoms with Gasteiger partial charge in [0.15, 0.2) is 0 Å². The highest BCUT2D eigenvalue weighted by Gasteiger charge is 2.31. The van der Waals surface area contributed by atoms with Crippen molar-refractivity contribution in [2.45, 2.75) is 45.1 Å². The molecule has 30 heavy (non-hydrogen) atoms. The molecule has 1 aliphatic heterocycles. The second kappa shape index (κ2) is 9.84. The highest BCUT2D eigenvalue weighted by molar-refractivity contribution is 5.77. The molecule has 2 aromatic rings. The number of carbonyl (C=O) groups excluding carboxylic acids is 1. The zero-order chi connectivity index (χ0) is 21.7. The quantitative estimate of drug-likeness (QED) is 0.743. The number of carboxylic acid groups (broad SMARTS) is 1. The van der Waals surface area contributed by atoms with Gasteiger partial charge in [0.05, 0.1) is 5.92 Å². The van der Waals surface area contributed by atoms with E-state index in [2.05, 4.69) is 15.0 Å². The van der Waals surface area contributed by atoms with Gasteiger partial charge in [-0.3, -0.25) is 9.59 Å². The van der Waals surface area contributed by atoms with Crippen LogP contribution in [0.3, 0.4) is 0 Å². The van der Waals surface area contributed by atoms with Crippen LogP contribution in [0.2, 0.25) is 0 Å². The predicted molar refractivity (Wildman–Crippen MR) is 112 cm³/mol. The zero-order valence-corrected chi connectivity index (χ0v) is 17.9. The van der Waals surface area contributed by atoms with E-state index in [0.717, 1.165) is 17.5 Å². The number of hydrogen-bond donors (Lipinski definition) is 1. The third-order valence-electron chi connectivity index (χ3n) is 5.79. The molecule has 2 atom stereocenters. The van der Waals surface area contributed by atoms with Crippen molar-refractivity contribution in [3.8, 4) is 11.4 Å². The van der Waals surface area contributed by atoms with E-state index in [1.54, 1.807) is 4.90 Å². The maximum absolute atomic E-state index is 12.8. The fraction of sp³-hybridized carbons (Fsp3) is 0.545. The van der Waals surface area contributed by atoms with E-state index in [-0.39, 0.29) is 18.5 Å². The molecule has 1 N–H and O–H groups in total. The Morgan fingerprint density at radius 3 is 2.70 bits per heavy atom. The first-order valence-corrected chi connectivity index (χ1v) is 10.4. The van der Waals surface area contributed by atoms with Gasteiger partial charge in [0.25, 0.3) is 0 Å². The first-order valence-electron chi connectivity index (χ1n) is 10.4. The smallest absolute Gasteiger partial charge is 0.308 e. The Kier molecular flexibility index (Phi) is 7.20. The van der Waals surface area contributed by atoms with Crippen molar-refractivity contribution in [2.24, 2.45) is 5.92 Å². The molecule has 2 heterocycles. The molecule has 0 radical (unpaired) electrons. The third-order valence-corrected chi connectivity index (χ3v) is 5.79. The van der Waals surface area contributed by atoms with E-state index in [4.69, 9.17) is 4.52 Å². The van der Waals surface area contributed by atoms with Crippen molar-refractivity contribution < 1.29 is 19.2 Å². The maximum atomic E-state index is 12.8. The third kappa shape index (κ3) is 5.44. The van der Waals surface area contributed by atoms with Gasteiger partial charge in [-0.25, -0.2) is 0 Å². The molecule has 0 unspecified atom stereocenters. The lowest BCUT2D eigenvalue weighted by Crippen LogP contribution is -2.43. The normalized spacial score (nSPS) is 19.7. The van der Waals surface area contributed by atoms with Gasteiger partial charge in [0.1, 0.15) is 0 Å². The molecule has 8 nitrogen and oxygen atoms in total. The minimum Gasteiger partial charge on any atom is -0.481 e. The summed E-state index contributed by atoms with van der Waals surface area (Å²) in [6.45, 7) is 2.83. The Balaban J connectivity index is 1.57. The van der Waals surface area contributed by atoms with Crippen LogP contribution in [0.4, 0.5) is 0 Å². The second-order valence-electron chi connectivity index (χ2n) is 8.21. The average Bonchev–Trinajstić information content (AvgIpc) is 3.04. The van der Waals surface area contributed by atoms with E-state index in [0.29, 0.717) is 43.9 Å². The minimum atomic E-state index is -0.832. The van der Waals surface area contributed by atoms with E-state index < -0.39 is 11.9 Å². The van der Waals surface area contributed by atoms with Crippen LogP contribution in [-0.4, -0.2) is 70.2 Å². The van der Waals surface area contributed by atoms with Crippen molar-refractivity contribution in [3.05, 3.63) is 35.7 Å². The first kappa shape index (κ1) is 22.0. The summed E-state index contributed by atoms with van der Waals surface area (Å²) in [5, 5.41) is 13.5. The van der Waals surface area contributed by atoms with Crippen LogP contribution in [0.25, 0.3) is 11.4 Å². The number of nitrogens with zero attached hydrogens (tertiary/aromatic N) is 4. The topological polar surface area (TPSA) is 99.8 Å². The number of amides is 1. The minimum absolute atomic E-state index is 0.0198. The molecular formula is C22H30N4O4. The number of aryl methyl sites for hydroxylation is 2. The van der Waals surface area contributed by atoms with Gasteiger partial charge in [0, 0.05) is 37.5 Å². The first-order chi connectivity index (χ1) is 14.3. The number of aromatic nitrogens is 2. The summed E-state index contributed by atoms with van der Waals surface area (Å²) in [5.41, 5.74) is 2.01. The molecule has 0 spiro atoms. The molecule has 1 fully saturated rings. The van der Waals surface area contributed by atoms with Crippen LogP contribution in [0, 0.1) is 12.8 Å². The molecule has 3 rings (SSSR count). The number of rotatable bonds is 7. The van der Waals surface area contributed by atoms with Crippen LogP contribution in [0.5, 0.6) is 0 Å². The zero-order valence-electron chi connectivity index (χ0n) is 17.9. The average molecular weight is 415 g/mol. The Morgan fingerprint density at radius 2 is 2.00 bits per heavy atom. The lowest BCUT2D eigenvalue weighted by Gasteiger charge is -2.28. The Hall–Kier alpha value is -2.74. The van der Waals surface area contributed by atoms with Crippen molar-refractivity contribution in [1.82, 2.24) is 19.9 Å². The number of hydrogen-bond acceptors (Lipinski definition) is 6. The SMILES string of the molecule is Cc1ccccc1-c1noc(CCCC(=O)N2C[C@@H](C(=O)O)CC[C@@H](N(C)C)C2)n1. The second-order valence-corrected chi connectivity index (χ2v) is 8.21. The number of benzene rings is 1. The van der Waals surface area contributed by atoms with Crippen LogP contribution in [-0.2, 0) is 16.0 Å². The summed E-state index contributed by atoms with van der Waals surface area (Å²) < 4.78 is 5.35. The molecule has 0 aliphatic carbocycles. The van der Waals surface area contributed by atoms with Crippen LogP contribution < -0.4 is 0 Å². The van der Waals surface area contributed by atoms with Crippen molar-refractivity contribution in [3.63, 3.8) is 0 Å². The van der Waals surface area contributed by atoms with Gasteiger partial charge < -0.3 is 19.4 Å². The summed E-state index contributed by atoms with van der Waals surface area (Å²) >= 11 is 0. The lowest BCUT2D eigenvalue weighted by atomic mass is 10.0. The lowest BCUT2D eigenvalue weighted by molar-refractivity contribution is -0.143. The molecule has 1 amide bonds. The number of carboxylic acids is 1. The van der Waals surface area contributed by atoms with Crippen molar-refractivity contribution in [2.75, 3.05) is 27.2 Å². The van der Waals surface area contributed by atoms with Gasteiger partial charge in [-0.05, 0) is 45.8 Å². The molecule has 1 aliphatic rings. The summed E-state index contributed by atoms with van der Waals surface area (Å²) in [6, 6.07) is 8.02. The molecule has 1 aromatic heterocycles. The largest absolute Gasteiger partial charge is 0.481 e. The van der Waals surface area contributed by atoms with Crippen molar-refractivity contribution in [1.29, 1.82) is 0 Å². The number of likely N-dealkylation sites (tertiary alicyclic amines) is 1. The Labute approximate surface area is 176 Å². The standard InChI is InChI=1S/C22H30N4O4/c1-15-7-4-5-8-18(15)21-23-19(30-24-21)9-6-10-20(27)26-13-16(22(28)29)11-12-17(14-26)25(2)3/h4-5,7-8,16-17H,6,9-14H2,1-3H3,(H,28,29)/t16-,17+/m0/s1. The van der Waals surface area contributed by atoms with Gasteiger partial charge >= 0.3 is 5.97 Å². The molecule has 0 saturated carbocycles. The van der Waals surface area contributed by atoms with Crippen LogP contribution in [0.15, 0.2) is 28.8 Å². The van der Waals surface area contributed by atoms with Gasteiger partial charge in [-0.1, -0.05) is 29.4 Å². The van der Waals surface area contributed by atoms with Crippen LogP contribution in [0.1, 0.15) is 37.1 Å². The predicted octanol–water partition coefficient (Wildman–Crippen LogP) is 2.62. The van der Waals surface area contributed by atoms with Gasteiger partial charge in [0.2, 0.25) is 17.6 Å². The van der Waals surface area contributed by atoms with E-state index >= 15 is 0 Å². The van der Waals surface area contributed by atoms with Gasteiger partial charge in [-0.2, -0.15) is 4.98 Å². The molecule has 162 valence electrons. The molecule has 0 bridgehead atoms. The molecule has 1 aromatic carbocycles. The Bertz CT molecular complexity index is 880. The van der Waals surface area contributed by atoms with Gasteiger partial charge in [-0.15, -0.1) is 0 Å². The summed E-state index contributed by atoms with van der Waals surface area (Å²) in [6.07, 6.45) is 2.78. The monoisotopic (exact) mass is 414 g/mol. The number of aliphatic carboxylic acids is 1. The highest BCUT2D eigenvalue weighted by Crippen LogP contribution is 2.22.